The number of nitrogens with one attached hydrogen (secondary N) is 1. The van der Waals surface area contributed by atoms with Crippen LogP contribution in [0.2, 0.25) is 0 Å². The fourth-order valence-corrected chi connectivity index (χ4v) is 3.48. The molecular weight excluding hydrogens is 272 g/mol. The molecule has 1 aromatic carbocycles. The second-order valence-electron chi connectivity index (χ2n) is 4.92. The molecule has 0 unspecified atom stereocenters. The highest BCUT2D eigenvalue weighted by molar-refractivity contribution is 7.17. The molecule has 0 aliphatic heterocycles. The Morgan fingerprint density at radius 2 is 2.05 bits per heavy atom. The van der Waals surface area contributed by atoms with E-state index in [4.69, 9.17) is 0 Å². The van der Waals surface area contributed by atoms with Crippen LogP contribution in [0.15, 0.2) is 30.3 Å². The molecule has 5 heteroatoms. The Morgan fingerprint density at radius 3 is 2.75 bits per heavy atom. The van der Waals surface area contributed by atoms with E-state index in [9.17, 15) is 9.59 Å². The molecule has 1 atom stereocenters. The average Bonchev–Trinajstić information content (AvgIpc) is 2.82. The molecule has 102 valence electrons. The van der Waals surface area contributed by atoms with Gasteiger partial charge in [0.05, 0.1) is 10.6 Å². The lowest BCUT2D eigenvalue weighted by Gasteiger charge is -2.20. The van der Waals surface area contributed by atoms with Gasteiger partial charge in [-0.1, -0.05) is 41.7 Å². The van der Waals surface area contributed by atoms with Gasteiger partial charge in [0, 0.05) is 13.3 Å². The number of hydrogen-bond acceptors (Lipinski definition) is 4. The third kappa shape index (κ3) is 2.49. The lowest BCUT2D eigenvalue weighted by atomic mass is 9.85. The van der Waals surface area contributed by atoms with Gasteiger partial charge in [-0.15, -0.1) is 0 Å². The normalized spacial score (nSPS) is 17.6. The van der Waals surface area contributed by atoms with E-state index in [0.717, 1.165) is 12.1 Å². The van der Waals surface area contributed by atoms with Crippen LogP contribution in [-0.4, -0.2) is 16.7 Å². The molecule has 1 aliphatic rings. The first-order valence-electron chi connectivity index (χ1n) is 6.49. The number of ketones is 1. The van der Waals surface area contributed by atoms with Crippen LogP contribution in [0.4, 0.5) is 5.13 Å². The summed E-state index contributed by atoms with van der Waals surface area (Å²) < 4.78 is 0. The summed E-state index contributed by atoms with van der Waals surface area (Å²) in [5.41, 5.74) is 1.98. The maximum absolute atomic E-state index is 12.2. The topological polar surface area (TPSA) is 59.1 Å². The van der Waals surface area contributed by atoms with Crippen LogP contribution in [-0.2, 0) is 11.2 Å². The number of amides is 1. The zero-order valence-electron chi connectivity index (χ0n) is 11.1. The van der Waals surface area contributed by atoms with E-state index in [1.54, 1.807) is 0 Å². The van der Waals surface area contributed by atoms with Gasteiger partial charge in [0.15, 0.2) is 10.9 Å². The van der Waals surface area contributed by atoms with Crippen molar-refractivity contribution in [3.8, 4) is 0 Å². The van der Waals surface area contributed by atoms with Gasteiger partial charge in [-0.25, -0.2) is 4.98 Å². The monoisotopic (exact) mass is 286 g/mol. The maximum Gasteiger partial charge on any atom is 0.223 e. The summed E-state index contributed by atoms with van der Waals surface area (Å²) in [4.78, 5) is 28.4. The first-order valence-corrected chi connectivity index (χ1v) is 7.30. The van der Waals surface area contributed by atoms with E-state index in [1.165, 1.54) is 23.8 Å². The number of nitrogens with zero attached hydrogens (tertiary/aromatic N) is 1. The summed E-state index contributed by atoms with van der Waals surface area (Å²) in [6.07, 6.45) is 1.26. The first kappa shape index (κ1) is 13.0. The van der Waals surface area contributed by atoms with Crippen LogP contribution in [0.1, 0.15) is 40.2 Å². The number of aromatic nitrogens is 1. The van der Waals surface area contributed by atoms with Gasteiger partial charge in [0.1, 0.15) is 0 Å². The summed E-state index contributed by atoms with van der Waals surface area (Å²) in [5.74, 6) is 0.140. The minimum atomic E-state index is -0.164. The third-order valence-corrected chi connectivity index (χ3v) is 4.43. The number of benzene rings is 1. The highest BCUT2D eigenvalue weighted by Gasteiger charge is 2.29. The van der Waals surface area contributed by atoms with Gasteiger partial charge in [0.2, 0.25) is 5.91 Å². The van der Waals surface area contributed by atoms with Crippen molar-refractivity contribution in [3.05, 3.63) is 46.5 Å². The number of anilines is 1. The molecule has 1 aliphatic carbocycles. The molecule has 0 bridgehead atoms. The average molecular weight is 286 g/mol. The number of Topliss-reactive ketones (excluding diaryl/α,β-unsaturated/α-hetero) is 1. The van der Waals surface area contributed by atoms with Crippen molar-refractivity contribution >= 4 is 28.2 Å². The molecule has 0 saturated carbocycles. The lowest BCUT2D eigenvalue weighted by molar-refractivity contribution is -0.114. The minimum absolute atomic E-state index is 0.120. The maximum atomic E-state index is 12.2. The van der Waals surface area contributed by atoms with E-state index in [-0.39, 0.29) is 17.6 Å². The largest absolute Gasteiger partial charge is 0.302 e. The summed E-state index contributed by atoms with van der Waals surface area (Å²) >= 11 is 1.28. The van der Waals surface area contributed by atoms with E-state index in [1.807, 2.05) is 30.3 Å². The van der Waals surface area contributed by atoms with E-state index >= 15 is 0 Å². The molecule has 4 nitrogen and oxygen atoms in total. The molecular formula is C15H14N2O2S. The van der Waals surface area contributed by atoms with Crippen molar-refractivity contribution in [1.82, 2.24) is 4.98 Å². The Kier molecular flexibility index (Phi) is 3.36. The number of fused-ring (bicyclic) bond motifs is 1. The molecule has 3 rings (SSSR count). The van der Waals surface area contributed by atoms with Crippen LogP contribution in [0.3, 0.4) is 0 Å². The Balaban J connectivity index is 1.89. The summed E-state index contributed by atoms with van der Waals surface area (Å²) in [6, 6.07) is 10.0. The van der Waals surface area contributed by atoms with Gasteiger partial charge in [-0.3, -0.25) is 9.59 Å². The van der Waals surface area contributed by atoms with Gasteiger partial charge >= 0.3 is 0 Å². The highest BCUT2D eigenvalue weighted by atomic mass is 32.1. The van der Waals surface area contributed by atoms with Gasteiger partial charge in [0.25, 0.3) is 0 Å². The SMILES string of the molecule is CC(=O)Nc1nc2c(s1)C(=O)C[C@H](c1ccccc1)C2. The fourth-order valence-electron chi connectivity index (χ4n) is 2.49. The van der Waals surface area contributed by atoms with Crippen molar-refractivity contribution < 1.29 is 9.59 Å². The zero-order chi connectivity index (χ0) is 14.1. The predicted molar refractivity (Wildman–Crippen MR) is 78.3 cm³/mol. The van der Waals surface area contributed by atoms with Crippen LogP contribution in [0.5, 0.6) is 0 Å². The number of rotatable bonds is 2. The second kappa shape index (κ2) is 5.17. The Hall–Kier alpha value is -2.01. The van der Waals surface area contributed by atoms with Crippen molar-refractivity contribution in [2.24, 2.45) is 0 Å². The van der Waals surface area contributed by atoms with Crippen molar-refractivity contribution in [3.63, 3.8) is 0 Å². The quantitative estimate of drug-likeness (QED) is 0.923. The summed E-state index contributed by atoms with van der Waals surface area (Å²) in [5, 5.41) is 3.17. The number of hydrogen-bond donors (Lipinski definition) is 1. The Morgan fingerprint density at radius 1 is 1.30 bits per heavy atom. The van der Waals surface area contributed by atoms with Crippen molar-refractivity contribution in [2.45, 2.75) is 25.7 Å². The molecule has 0 saturated heterocycles. The molecule has 0 spiro atoms. The second-order valence-corrected chi connectivity index (χ2v) is 5.91. The summed E-state index contributed by atoms with van der Waals surface area (Å²) in [7, 11) is 0. The number of carbonyl (C=O) groups excluding carboxylic acids is 2. The van der Waals surface area contributed by atoms with E-state index < -0.39 is 0 Å². The summed E-state index contributed by atoms with van der Waals surface area (Å²) in [6.45, 7) is 1.44. The Bertz CT molecular complexity index is 664. The van der Waals surface area contributed by atoms with Crippen LogP contribution >= 0.6 is 11.3 Å². The molecule has 0 radical (unpaired) electrons. The van der Waals surface area contributed by atoms with Gasteiger partial charge < -0.3 is 5.32 Å². The molecule has 1 heterocycles. The highest BCUT2D eigenvalue weighted by Crippen LogP contribution is 2.36. The predicted octanol–water partition coefficient (Wildman–Crippen LogP) is 3.01. The van der Waals surface area contributed by atoms with Gasteiger partial charge in [-0.05, 0) is 17.9 Å². The third-order valence-electron chi connectivity index (χ3n) is 3.38. The molecule has 1 N–H and O–H groups in total. The van der Waals surface area contributed by atoms with Crippen LogP contribution in [0.25, 0.3) is 0 Å². The van der Waals surface area contributed by atoms with Crippen molar-refractivity contribution in [2.75, 3.05) is 5.32 Å². The molecule has 20 heavy (non-hydrogen) atoms. The Labute approximate surface area is 120 Å². The smallest absolute Gasteiger partial charge is 0.223 e. The number of carbonyl (C=O) groups is 2. The fraction of sp³-hybridized carbons (Fsp3) is 0.267. The molecule has 1 amide bonds. The molecule has 2 aromatic rings. The molecule has 0 fully saturated rings. The van der Waals surface area contributed by atoms with Crippen molar-refractivity contribution in [1.29, 1.82) is 0 Å². The van der Waals surface area contributed by atoms with E-state index in [2.05, 4.69) is 10.3 Å². The molecule has 1 aromatic heterocycles. The van der Waals surface area contributed by atoms with Crippen LogP contribution in [0, 0.1) is 0 Å². The standard InChI is InChI=1S/C15H14N2O2S/c1-9(18)16-15-17-12-7-11(8-13(19)14(12)20-15)10-5-3-2-4-6-10/h2-6,11H,7-8H2,1H3,(H,16,17,18)/t11-/m1/s1. The minimum Gasteiger partial charge on any atom is -0.302 e. The lowest BCUT2D eigenvalue weighted by Crippen LogP contribution is -2.17. The van der Waals surface area contributed by atoms with Gasteiger partial charge in [-0.2, -0.15) is 0 Å². The zero-order valence-corrected chi connectivity index (χ0v) is 11.9. The first-order chi connectivity index (χ1) is 9.63. The van der Waals surface area contributed by atoms with Crippen LogP contribution < -0.4 is 5.32 Å². The number of thiazole rings is 1. The van der Waals surface area contributed by atoms with E-state index in [0.29, 0.717) is 16.4 Å².